The Balaban J connectivity index is 2.37. The van der Waals surface area contributed by atoms with E-state index in [4.69, 9.17) is 9.47 Å². The highest BCUT2D eigenvalue weighted by atomic mass is 16.6. The first-order valence-corrected chi connectivity index (χ1v) is 9.49. The quantitative estimate of drug-likeness (QED) is 0.184. The number of nitro groups is 3. The summed E-state index contributed by atoms with van der Waals surface area (Å²) in [5.41, 5.74) is -2.56. The van der Waals surface area contributed by atoms with E-state index in [9.17, 15) is 30.3 Å². The highest BCUT2D eigenvalue weighted by Crippen LogP contribution is 2.45. The van der Waals surface area contributed by atoms with E-state index in [2.05, 4.69) is 4.99 Å². The van der Waals surface area contributed by atoms with E-state index in [1.807, 2.05) is 0 Å². The van der Waals surface area contributed by atoms with Crippen molar-refractivity contribution in [1.82, 2.24) is 0 Å². The molecule has 174 valence electrons. The molecule has 3 aromatic carbocycles. The van der Waals surface area contributed by atoms with Crippen LogP contribution in [-0.4, -0.2) is 35.3 Å². The molecule has 34 heavy (non-hydrogen) atoms. The molecule has 0 spiro atoms. The lowest BCUT2D eigenvalue weighted by Gasteiger charge is -2.21. The number of hydrogen-bond acceptors (Lipinski definition) is 9. The molecular formula is C21H17N5O8. The van der Waals surface area contributed by atoms with Crippen molar-refractivity contribution in [3.63, 3.8) is 0 Å². The summed E-state index contributed by atoms with van der Waals surface area (Å²) in [5, 5.41) is 35.0. The molecule has 0 aliphatic carbocycles. The number of hydrogen-bond donors (Lipinski definition) is 0. The topological polar surface area (TPSA) is 163 Å². The summed E-state index contributed by atoms with van der Waals surface area (Å²) in [6, 6.07) is 14.2. The number of nitro benzene ring substituents is 3. The van der Waals surface area contributed by atoms with E-state index in [0.717, 1.165) is 11.2 Å². The Morgan fingerprint density at radius 2 is 1.32 bits per heavy atom. The van der Waals surface area contributed by atoms with Crippen molar-refractivity contribution in [2.75, 3.05) is 19.1 Å². The monoisotopic (exact) mass is 467 g/mol. The van der Waals surface area contributed by atoms with Crippen LogP contribution in [0.4, 0.5) is 34.1 Å². The number of non-ortho nitro benzene ring substituents is 1. The zero-order chi connectivity index (χ0) is 24.8. The highest BCUT2D eigenvalue weighted by molar-refractivity contribution is 5.99. The number of para-hydroxylation sites is 4. The third-order valence-electron chi connectivity index (χ3n) is 4.64. The average molecular weight is 467 g/mol. The molecule has 13 nitrogen and oxygen atoms in total. The van der Waals surface area contributed by atoms with Gasteiger partial charge < -0.3 is 9.47 Å². The first-order valence-electron chi connectivity index (χ1n) is 9.49. The van der Waals surface area contributed by atoms with Gasteiger partial charge in [-0.3, -0.25) is 35.2 Å². The lowest BCUT2D eigenvalue weighted by atomic mass is 10.1. The molecule has 0 aliphatic rings. The number of anilines is 2. The molecule has 3 aromatic rings. The van der Waals surface area contributed by atoms with Crippen molar-refractivity contribution in [2.24, 2.45) is 4.99 Å². The van der Waals surface area contributed by atoms with Gasteiger partial charge in [-0.2, -0.15) is 0 Å². The van der Waals surface area contributed by atoms with Crippen LogP contribution in [0.25, 0.3) is 0 Å². The van der Waals surface area contributed by atoms with Gasteiger partial charge in [0.25, 0.3) is 5.69 Å². The van der Waals surface area contributed by atoms with Crippen molar-refractivity contribution < 1.29 is 24.2 Å². The second-order valence-corrected chi connectivity index (χ2v) is 6.56. The maximum Gasteiger partial charge on any atom is 0.307 e. The summed E-state index contributed by atoms with van der Waals surface area (Å²) in [6.45, 7) is 0. The zero-order valence-corrected chi connectivity index (χ0v) is 17.9. The van der Waals surface area contributed by atoms with Gasteiger partial charge >= 0.3 is 11.4 Å². The fourth-order valence-electron chi connectivity index (χ4n) is 3.15. The number of ether oxygens (including phenoxy) is 2. The predicted molar refractivity (Wildman–Crippen MR) is 123 cm³/mol. The van der Waals surface area contributed by atoms with Gasteiger partial charge in [-0.1, -0.05) is 24.3 Å². The molecule has 0 N–H and O–H groups in total. The largest absolute Gasteiger partial charge is 0.495 e. The van der Waals surface area contributed by atoms with Crippen LogP contribution in [-0.2, 0) is 0 Å². The van der Waals surface area contributed by atoms with E-state index in [1.54, 1.807) is 42.5 Å². The molecule has 0 amide bonds. The molecule has 0 radical (unpaired) electrons. The second kappa shape index (κ2) is 10.0. The number of nitrogens with zero attached hydrogens (tertiary/aromatic N) is 5. The summed E-state index contributed by atoms with van der Waals surface area (Å²) in [5.74, 6) is 0.599. The van der Waals surface area contributed by atoms with E-state index < -0.39 is 37.5 Å². The van der Waals surface area contributed by atoms with Crippen LogP contribution in [0.1, 0.15) is 0 Å². The van der Waals surface area contributed by atoms with E-state index in [-0.39, 0.29) is 11.4 Å². The maximum absolute atomic E-state index is 11.9. The zero-order valence-electron chi connectivity index (χ0n) is 17.9. The normalized spacial score (nSPS) is 10.6. The third-order valence-corrected chi connectivity index (χ3v) is 4.64. The van der Waals surface area contributed by atoms with Crippen LogP contribution < -0.4 is 14.4 Å². The molecule has 0 unspecified atom stereocenters. The molecule has 0 aromatic heterocycles. The van der Waals surface area contributed by atoms with E-state index >= 15 is 0 Å². The van der Waals surface area contributed by atoms with E-state index in [1.165, 1.54) is 20.3 Å². The minimum absolute atomic E-state index is 0.170. The van der Waals surface area contributed by atoms with Gasteiger partial charge in [0.1, 0.15) is 23.5 Å². The third kappa shape index (κ3) is 4.72. The first-order chi connectivity index (χ1) is 16.3. The molecule has 0 heterocycles. The molecule has 0 saturated carbocycles. The van der Waals surface area contributed by atoms with Gasteiger partial charge in [0.05, 0.1) is 46.8 Å². The SMILES string of the molecule is COc1ccccc1N=CN(c1ccccc1OC)c1c([N+](=O)[O-])cc([N+](=O)[O-])cc1[N+](=O)[O-]. The van der Waals surface area contributed by atoms with Gasteiger partial charge in [0.2, 0.25) is 5.69 Å². The van der Waals surface area contributed by atoms with Crippen LogP contribution in [0.5, 0.6) is 11.5 Å². The van der Waals surface area contributed by atoms with Crippen molar-refractivity contribution in [3.05, 3.63) is 91.0 Å². The van der Waals surface area contributed by atoms with Crippen LogP contribution in [0.15, 0.2) is 65.7 Å². The van der Waals surface area contributed by atoms with Gasteiger partial charge in [0.15, 0.2) is 0 Å². The van der Waals surface area contributed by atoms with E-state index in [0.29, 0.717) is 23.6 Å². The highest BCUT2D eigenvalue weighted by Gasteiger charge is 2.35. The Morgan fingerprint density at radius 3 is 1.85 bits per heavy atom. The van der Waals surface area contributed by atoms with Gasteiger partial charge in [-0.25, -0.2) is 4.99 Å². The van der Waals surface area contributed by atoms with Gasteiger partial charge in [-0.05, 0) is 24.3 Å². The maximum atomic E-state index is 11.9. The van der Waals surface area contributed by atoms with Crippen LogP contribution >= 0.6 is 0 Å². The minimum Gasteiger partial charge on any atom is -0.495 e. The fourth-order valence-corrected chi connectivity index (χ4v) is 3.15. The minimum atomic E-state index is -0.944. The smallest absolute Gasteiger partial charge is 0.307 e. The van der Waals surface area contributed by atoms with Crippen molar-refractivity contribution in [1.29, 1.82) is 0 Å². The van der Waals surface area contributed by atoms with Crippen molar-refractivity contribution in [2.45, 2.75) is 0 Å². The fraction of sp³-hybridized carbons (Fsp3) is 0.0952. The van der Waals surface area contributed by atoms with Gasteiger partial charge in [0, 0.05) is 0 Å². The summed E-state index contributed by atoms with van der Waals surface area (Å²) in [4.78, 5) is 37.6. The standard InChI is InChI=1S/C21H17N5O8/c1-33-19-9-5-3-7-15(19)22-13-23(16-8-4-6-10-20(16)34-2)21-17(25(29)30)11-14(24(27)28)12-18(21)26(31)32/h3-13H,1-2H3. The van der Waals surface area contributed by atoms with Crippen LogP contribution in [0.2, 0.25) is 0 Å². The molecule has 0 aliphatic heterocycles. The Kier molecular flexibility index (Phi) is 6.96. The average Bonchev–Trinajstić information content (AvgIpc) is 2.84. The summed E-state index contributed by atoms with van der Waals surface area (Å²) >= 11 is 0. The number of aliphatic imine (C=N–C) groups is 1. The Hall–Kier alpha value is -5.07. The summed E-state index contributed by atoms with van der Waals surface area (Å²) in [7, 11) is 2.78. The molecule has 0 atom stereocenters. The Labute approximate surface area is 191 Å². The molecule has 0 bridgehead atoms. The summed E-state index contributed by atoms with van der Waals surface area (Å²) in [6.07, 6.45) is 1.12. The molecule has 3 rings (SSSR count). The lowest BCUT2D eigenvalue weighted by Crippen LogP contribution is -2.18. The number of methoxy groups -OCH3 is 2. The Bertz CT molecular complexity index is 1260. The first kappa shape index (κ1) is 23.6. The van der Waals surface area contributed by atoms with Crippen LogP contribution in [0, 0.1) is 30.3 Å². The Morgan fingerprint density at radius 1 is 0.794 bits per heavy atom. The van der Waals surface area contributed by atoms with Crippen molar-refractivity contribution in [3.8, 4) is 11.5 Å². The molecule has 0 saturated heterocycles. The van der Waals surface area contributed by atoms with Crippen molar-refractivity contribution >= 4 is 40.5 Å². The molecule has 0 fully saturated rings. The molecular weight excluding hydrogens is 450 g/mol. The number of rotatable bonds is 9. The second-order valence-electron chi connectivity index (χ2n) is 6.56. The predicted octanol–water partition coefficient (Wildman–Crippen LogP) is 4.93. The van der Waals surface area contributed by atoms with Gasteiger partial charge in [-0.15, -0.1) is 0 Å². The summed E-state index contributed by atoms with van der Waals surface area (Å²) < 4.78 is 10.6. The number of benzene rings is 3. The van der Waals surface area contributed by atoms with Crippen LogP contribution in [0.3, 0.4) is 0 Å². The lowest BCUT2D eigenvalue weighted by molar-refractivity contribution is -0.402. The molecule has 13 heteroatoms.